The van der Waals surface area contributed by atoms with Gasteiger partial charge >= 0.3 is 0 Å². The number of benzene rings is 2. The Bertz CT molecular complexity index is 1230. The summed E-state index contributed by atoms with van der Waals surface area (Å²) in [5, 5.41) is 9.89. The normalized spacial score (nSPS) is 15.9. The van der Waals surface area contributed by atoms with Crippen LogP contribution in [0.1, 0.15) is 40.0 Å². The summed E-state index contributed by atoms with van der Waals surface area (Å²) in [6, 6.07) is 15.6. The Hall–Kier alpha value is -3.13. The Morgan fingerprint density at radius 2 is 1.77 bits per heavy atom. The van der Waals surface area contributed by atoms with Gasteiger partial charge in [0.2, 0.25) is 0 Å². The summed E-state index contributed by atoms with van der Waals surface area (Å²) in [5.41, 5.74) is 6.88. The molecule has 0 atom stereocenters. The van der Waals surface area contributed by atoms with Crippen LogP contribution in [0.25, 0.3) is 17.0 Å². The lowest BCUT2D eigenvalue weighted by molar-refractivity contribution is -0.124. The number of nitrogens with zero attached hydrogens (tertiary/aromatic N) is 3. The fourth-order valence-corrected chi connectivity index (χ4v) is 5.22. The molecule has 8 heteroatoms. The van der Waals surface area contributed by atoms with Crippen LogP contribution in [0, 0.1) is 0 Å². The minimum Gasteiger partial charge on any atom is -0.343 e. The van der Waals surface area contributed by atoms with Crippen molar-refractivity contribution in [1.29, 1.82) is 0 Å². The number of fused-ring (bicyclic) bond motifs is 3. The lowest BCUT2D eigenvalue weighted by Crippen LogP contribution is -2.36. The lowest BCUT2D eigenvalue weighted by Gasteiger charge is -2.29. The van der Waals surface area contributed by atoms with Crippen molar-refractivity contribution >= 4 is 41.2 Å². The maximum absolute atomic E-state index is 13.2. The Morgan fingerprint density at radius 1 is 1.00 bits per heavy atom. The molecule has 2 N–H and O–H groups in total. The molecule has 1 aromatic heterocycles. The van der Waals surface area contributed by atoms with E-state index < -0.39 is 5.91 Å². The molecule has 0 bridgehead atoms. The van der Waals surface area contributed by atoms with Crippen LogP contribution in [0.2, 0.25) is 0 Å². The van der Waals surface area contributed by atoms with Crippen molar-refractivity contribution in [2.45, 2.75) is 32.4 Å². The first-order valence-electron chi connectivity index (χ1n) is 12.0. The molecule has 1 fully saturated rings. The second-order valence-corrected chi connectivity index (χ2v) is 9.05. The van der Waals surface area contributed by atoms with E-state index in [1.807, 2.05) is 41.3 Å². The molecule has 1 saturated heterocycles. The van der Waals surface area contributed by atoms with E-state index in [0.717, 1.165) is 30.5 Å². The minimum absolute atomic E-state index is 0. The van der Waals surface area contributed by atoms with E-state index in [1.165, 1.54) is 48.8 Å². The van der Waals surface area contributed by atoms with Gasteiger partial charge in [0.15, 0.2) is 0 Å². The number of aromatic nitrogens is 1. The maximum Gasteiger partial charge on any atom is 0.267 e. The van der Waals surface area contributed by atoms with Crippen molar-refractivity contribution in [1.82, 2.24) is 19.8 Å². The second-order valence-electron chi connectivity index (χ2n) is 9.05. The number of likely N-dealkylation sites (tertiary alicyclic amines) is 1. The number of halogens is 1. The molecule has 5 rings (SSSR count). The van der Waals surface area contributed by atoms with Gasteiger partial charge in [-0.3, -0.25) is 14.8 Å². The van der Waals surface area contributed by atoms with E-state index in [-0.39, 0.29) is 18.3 Å². The fraction of sp³-hybridized carbons (Fsp3) is 0.333. The van der Waals surface area contributed by atoms with E-state index in [2.05, 4.69) is 21.6 Å². The number of rotatable bonds is 6. The molecule has 35 heavy (non-hydrogen) atoms. The predicted molar refractivity (Wildman–Crippen MR) is 139 cm³/mol. The van der Waals surface area contributed by atoms with Crippen LogP contribution in [0.4, 0.5) is 0 Å². The summed E-state index contributed by atoms with van der Waals surface area (Å²) in [6.07, 6.45) is 6.37. The van der Waals surface area contributed by atoms with Gasteiger partial charge in [-0.1, -0.05) is 24.3 Å². The van der Waals surface area contributed by atoms with Gasteiger partial charge in [0, 0.05) is 66.4 Å². The number of nitrogens with one attached hydrogen (secondary N) is 1. The first-order chi connectivity index (χ1) is 16.6. The van der Waals surface area contributed by atoms with Gasteiger partial charge in [0.25, 0.3) is 11.8 Å². The number of hydroxylamine groups is 1. The summed E-state index contributed by atoms with van der Waals surface area (Å²) < 4.78 is 2.43. The number of hydrogen-bond donors (Lipinski definition) is 2. The highest BCUT2D eigenvalue weighted by Crippen LogP contribution is 2.33. The Kier molecular flexibility index (Phi) is 7.90. The third kappa shape index (κ3) is 5.27. The molecule has 7 nitrogen and oxygen atoms in total. The van der Waals surface area contributed by atoms with Crippen LogP contribution >= 0.6 is 12.4 Å². The zero-order valence-corrected chi connectivity index (χ0v) is 20.5. The largest absolute Gasteiger partial charge is 0.343 e. The molecule has 184 valence electrons. The first-order valence-corrected chi connectivity index (χ1v) is 12.0. The van der Waals surface area contributed by atoms with Crippen LogP contribution in [-0.4, -0.2) is 57.6 Å². The number of amides is 2. The van der Waals surface area contributed by atoms with Crippen LogP contribution in [0.5, 0.6) is 0 Å². The molecule has 0 aliphatic carbocycles. The topological polar surface area (TPSA) is 77.8 Å². The highest BCUT2D eigenvalue weighted by Gasteiger charge is 2.27. The lowest BCUT2D eigenvalue weighted by atomic mass is 10.0. The summed E-state index contributed by atoms with van der Waals surface area (Å²) in [7, 11) is 0. The van der Waals surface area contributed by atoms with Crippen LogP contribution < -0.4 is 5.48 Å². The highest BCUT2D eigenvalue weighted by atomic mass is 35.5. The van der Waals surface area contributed by atoms with Crippen molar-refractivity contribution in [2.24, 2.45) is 0 Å². The van der Waals surface area contributed by atoms with Gasteiger partial charge in [-0.05, 0) is 61.8 Å². The Labute approximate surface area is 211 Å². The molecule has 0 saturated carbocycles. The van der Waals surface area contributed by atoms with Gasteiger partial charge in [-0.15, -0.1) is 12.4 Å². The standard InChI is InChI=1S/C27H30N4O3.ClH/c32-26(28-34)11-9-20-8-10-24-22(18-20)23-19-30(27(33)21-6-2-1-3-7-21)15-12-25(23)31(24)17-16-29-13-4-5-14-29;/h1-3,6-11,18,34H,4-5,12-17,19H2,(H,28,32);1H/b11-9+;. The molecule has 2 aromatic carbocycles. The van der Waals surface area contributed by atoms with Crippen molar-refractivity contribution in [3.63, 3.8) is 0 Å². The van der Waals surface area contributed by atoms with Crippen molar-refractivity contribution < 1.29 is 14.8 Å². The summed E-state index contributed by atoms with van der Waals surface area (Å²) in [4.78, 5) is 29.1. The SMILES string of the molecule is Cl.O=C(/C=C/c1ccc2c(c1)c1c(n2CCN2CCCC2)CCN(C(=O)c2ccccc2)C1)NO. The second kappa shape index (κ2) is 11.1. The third-order valence-corrected chi connectivity index (χ3v) is 6.96. The quantitative estimate of drug-likeness (QED) is 0.310. The summed E-state index contributed by atoms with van der Waals surface area (Å²) in [5.74, 6) is -0.509. The van der Waals surface area contributed by atoms with Crippen LogP contribution in [-0.2, 0) is 24.3 Å². The predicted octanol–water partition coefficient (Wildman–Crippen LogP) is 3.88. The summed E-state index contributed by atoms with van der Waals surface area (Å²) in [6.45, 7) is 5.57. The van der Waals surface area contributed by atoms with Gasteiger partial charge in [-0.2, -0.15) is 0 Å². The molecule has 2 aliphatic heterocycles. The average molecular weight is 495 g/mol. The fourth-order valence-electron chi connectivity index (χ4n) is 5.22. The van der Waals surface area contributed by atoms with Gasteiger partial charge in [-0.25, -0.2) is 5.48 Å². The van der Waals surface area contributed by atoms with Gasteiger partial charge in [0.05, 0.1) is 0 Å². The zero-order valence-electron chi connectivity index (χ0n) is 19.7. The molecule has 0 radical (unpaired) electrons. The minimum atomic E-state index is -0.565. The van der Waals surface area contributed by atoms with E-state index in [0.29, 0.717) is 18.7 Å². The monoisotopic (exact) mass is 494 g/mol. The van der Waals surface area contributed by atoms with E-state index in [4.69, 9.17) is 5.21 Å². The molecular formula is C27H31ClN4O3. The van der Waals surface area contributed by atoms with Gasteiger partial charge < -0.3 is 14.4 Å². The van der Waals surface area contributed by atoms with Crippen molar-refractivity contribution in [3.05, 3.63) is 77.0 Å². The van der Waals surface area contributed by atoms with Crippen LogP contribution in [0.3, 0.4) is 0 Å². The summed E-state index contributed by atoms with van der Waals surface area (Å²) >= 11 is 0. The Balaban J connectivity index is 0.00000289. The molecule has 0 spiro atoms. The molecule has 0 unspecified atom stereocenters. The third-order valence-electron chi connectivity index (χ3n) is 6.96. The highest BCUT2D eigenvalue weighted by molar-refractivity contribution is 5.96. The number of carbonyl (C=O) groups excluding carboxylic acids is 2. The first kappa shape index (κ1) is 25.0. The number of carbonyl (C=O) groups is 2. The van der Waals surface area contributed by atoms with E-state index in [1.54, 1.807) is 11.6 Å². The molecular weight excluding hydrogens is 464 g/mol. The molecule has 3 aromatic rings. The number of hydrogen-bond acceptors (Lipinski definition) is 4. The maximum atomic E-state index is 13.2. The van der Waals surface area contributed by atoms with E-state index >= 15 is 0 Å². The average Bonchev–Trinajstić information content (AvgIpc) is 3.51. The van der Waals surface area contributed by atoms with Crippen LogP contribution in [0.15, 0.2) is 54.6 Å². The molecule has 2 aliphatic rings. The van der Waals surface area contributed by atoms with Gasteiger partial charge in [0.1, 0.15) is 0 Å². The molecule has 3 heterocycles. The van der Waals surface area contributed by atoms with Crippen molar-refractivity contribution in [2.75, 3.05) is 26.2 Å². The molecule has 2 amide bonds. The smallest absolute Gasteiger partial charge is 0.267 e. The van der Waals surface area contributed by atoms with E-state index in [9.17, 15) is 9.59 Å². The zero-order chi connectivity index (χ0) is 23.5. The Morgan fingerprint density at radius 3 is 2.51 bits per heavy atom. The van der Waals surface area contributed by atoms with Crippen molar-refractivity contribution in [3.8, 4) is 0 Å².